The van der Waals surface area contributed by atoms with E-state index in [1.54, 1.807) is 13.2 Å². The van der Waals surface area contributed by atoms with Gasteiger partial charge in [-0.05, 0) is 85.6 Å². The highest BCUT2D eigenvalue weighted by atomic mass is 32.2. The summed E-state index contributed by atoms with van der Waals surface area (Å²) in [6.07, 6.45) is 0. The first-order valence-corrected chi connectivity index (χ1v) is 11.1. The minimum Gasteiger partial charge on any atom is -0.497 e. The van der Waals surface area contributed by atoms with E-state index in [-0.39, 0.29) is 11.7 Å². The standard InChI is InChI=1S/C25H23N3O3S/c1-16-4-7-19(14-17(16)2)26-25(29)23-12-10-21(31-23)15-32-24-13-11-22(27-28-24)18-5-8-20(30-3)9-6-18/h4-14H,15H2,1-3H3,(H,26,29). The quantitative estimate of drug-likeness (QED) is 0.357. The van der Waals surface area contributed by atoms with Crippen LogP contribution in [-0.4, -0.2) is 23.2 Å². The normalized spacial score (nSPS) is 10.7. The maximum atomic E-state index is 12.5. The highest BCUT2D eigenvalue weighted by Crippen LogP contribution is 2.25. The molecule has 0 saturated heterocycles. The minimum atomic E-state index is -0.270. The van der Waals surface area contributed by atoms with Crippen molar-refractivity contribution in [3.8, 4) is 17.0 Å². The van der Waals surface area contributed by atoms with Crippen LogP contribution in [0.1, 0.15) is 27.4 Å². The molecule has 4 rings (SSSR count). The van der Waals surface area contributed by atoms with Crippen LogP contribution in [0.5, 0.6) is 5.75 Å². The molecule has 4 aromatic rings. The Morgan fingerprint density at radius 3 is 2.47 bits per heavy atom. The van der Waals surface area contributed by atoms with E-state index in [0.29, 0.717) is 11.5 Å². The number of amides is 1. The first-order valence-electron chi connectivity index (χ1n) is 10.1. The summed E-state index contributed by atoms with van der Waals surface area (Å²) in [4.78, 5) is 12.5. The largest absolute Gasteiger partial charge is 0.497 e. The van der Waals surface area contributed by atoms with Crippen molar-refractivity contribution in [2.75, 3.05) is 12.4 Å². The summed E-state index contributed by atoms with van der Waals surface area (Å²) in [5.74, 6) is 2.05. The van der Waals surface area contributed by atoms with Crippen LogP contribution in [-0.2, 0) is 5.75 Å². The summed E-state index contributed by atoms with van der Waals surface area (Å²) in [5, 5.41) is 12.2. The van der Waals surface area contributed by atoms with Crippen LogP contribution < -0.4 is 10.1 Å². The molecule has 0 aliphatic carbocycles. The van der Waals surface area contributed by atoms with E-state index in [2.05, 4.69) is 15.5 Å². The fraction of sp³-hybridized carbons (Fsp3) is 0.160. The van der Waals surface area contributed by atoms with Gasteiger partial charge >= 0.3 is 0 Å². The number of rotatable bonds is 7. The molecule has 2 aromatic carbocycles. The van der Waals surface area contributed by atoms with E-state index in [0.717, 1.165) is 33.3 Å². The minimum absolute atomic E-state index is 0.270. The molecule has 0 radical (unpaired) electrons. The van der Waals surface area contributed by atoms with Crippen LogP contribution in [0.2, 0.25) is 0 Å². The van der Waals surface area contributed by atoms with Gasteiger partial charge in [-0.15, -0.1) is 10.2 Å². The van der Waals surface area contributed by atoms with Crippen LogP contribution in [0.3, 0.4) is 0 Å². The van der Waals surface area contributed by atoms with E-state index in [1.807, 2.05) is 74.5 Å². The lowest BCUT2D eigenvalue weighted by molar-refractivity contribution is 0.0995. The molecule has 6 nitrogen and oxygen atoms in total. The number of carbonyl (C=O) groups is 1. The molecule has 0 atom stereocenters. The summed E-state index contributed by atoms with van der Waals surface area (Å²) in [5.41, 5.74) is 4.82. The molecule has 0 spiro atoms. The van der Waals surface area contributed by atoms with Gasteiger partial charge in [0, 0.05) is 11.3 Å². The van der Waals surface area contributed by atoms with Gasteiger partial charge in [0.2, 0.25) is 0 Å². The molecule has 2 heterocycles. The lowest BCUT2D eigenvalue weighted by atomic mass is 10.1. The molecule has 0 aliphatic rings. The van der Waals surface area contributed by atoms with Gasteiger partial charge in [-0.1, -0.05) is 17.8 Å². The Labute approximate surface area is 191 Å². The average Bonchev–Trinajstić information content (AvgIpc) is 3.30. The second-order valence-electron chi connectivity index (χ2n) is 7.29. The SMILES string of the molecule is COc1ccc(-c2ccc(SCc3ccc(C(=O)Nc4ccc(C)c(C)c4)o3)nn2)cc1. The van der Waals surface area contributed by atoms with Gasteiger partial charge < -0.3 is 14.5 Å². The van der Waals surface area contributed by atoms with Crippen LogP contribution in [0.15, 0.2) is 76.2 Å². The van der Waals surface area contributed by atoms with Gasteiger partial charge in [-0.3, -0.25) is 4.79 Å². The Bertz CT molecular complexity index is 1220. The molecule has 1 N–H and O–H groups in total. The molecule has 2 aromatic heterocycles. The number of benzene rings is 2. The van der Waals surface area contributed by atoms with E-state index in [9.17, 15) is 4.79 Å². The smallest absolute Gasteiger partial charge is 0.291 e. The lowest BCUT2D eigenvalue weighted by Crippen LogP contribution is -2.11. The Morgan fingerprint density at radius 2 is 1.78 bits per heavy atom. The molecule has 32 heavy (non-hydrogen) atoms. The molecule has 0 aliphatic heterocycles. The van der Waals surface area contributed by atoms with E-state index in [4.69, 9.17) is 9.15 Å². The maximum Gasteiger partial charge on any atom is 0.291 e. The highest BCUT2D eigenvalue weighted by molar-refractivity contribution is 7.98. The Hall–Kier alpha value is -3.58. The summed E-state index contributed by atoms with van der Waals surface area (Å²) in [6.45, 7) is 4.05. The summed E-state index contributed by atoms with van der Waals surface area (Å²) in [7, 11) is 1.64. The van der Waals surface area contributed by atoms with Gasteiger partial charge in [-0.25, -0.2) is 0 Å². The Balaban J connectivity index is 1.34. The number of methoxy groups -OCH3 is 1. The van der Waals surface area contributed by atoms with Crippen molar-refractivity contribution in [1.29, 1.82) is 0 Å². The van der Waals surface area contributed by atoms with E-state index < -0.39 is 0 Å². The molecule has 0 fully saturated rings. The third kappa shape index (κ3) is 5.18. The number of aryl methyl sites for hydroxylation is 2. The van der Waals surface area contributed by atoms with Crippen molar-refractivity contribution in [3.05, 3.63) is 89.4 Å². The third-order valence-electron chi connectivity index (χ3n) is 5.04. The predicted octanol–water partition coefficient (Wildman–Crippen LogP) is 5.91. The number of hydrogen-bond acceptors (Lipinski definition) is 6. The number of aromatic nitrogens is 2. The zero-order valence-corrected chi connectivity index (χ0v) is 18.9. The number of carbonyl (C=O) groups excluding carboxylic acids is 1. The zero-order chi connectivity index (χ0) is 22.5. The summed E-state index contributed by atoms with van der Waals surface area (Å²) < 4.78 is 10.9. The number of nitrogens with one attached hydrogen (secondary N) is 1. The van der Waals surface area contributed by atoms with Gasteiger partial charge in [0.15, 0.2) is 5.76 Å². The number of furan rings is 1. The number of hydrogen-bond donors (Lipinski definition) is 1. The molecule has 0 unspecified atom stereocenters. The maximum absolute atomic E-state index is 12.5. The number of anilines is 1. The fourth-order valence-electron chi connectivity index (χ4n) is 3.05. The number of nitrogens with zero attached hydrogens (tertiary/aromatic N) is 2. The second-order valence-corrected chi connectivity index (χ2v) is 8.29. The second kappa shape index (κ2) is 9.70. The van der Waals surface area contributed by atoms with Crippen molar-refractivity contribution < 1.29 is 13.9 Å². The van der Waals surface area contributed by atoms with E-state index in [1.165, 1.54) is 17.3 Å². The van der Waals surface area contributed by atoms with Crippen LogP contribution in [0.25, 0.3) is 11.3 Å². The predicted molar refractivity (Wildman–Crippen MR) is 126 cm³/mol. The first-order chi connectivity index (χ1) is 15.5. The van der Waals surface area contributed by atoms with Crippen LogP contribution >= 0.6 is 11.8 Å². The summed E-state index contributed by atoms with van der Waals surface area (Å²) >= 11 is 1.50. The van der Waals surface area contributed by atoms with Gasteiger partial charge in [-0.2, -0.15) is 0 Å². The van der Waals surface area contributed by atoms with Gasteiger partial charge in [0.25, 0.3) is 5.91 Å². The molecule has 162 valence electrons. The Morgan fingerprint density at radius 1 is 0.969 bits per heavy atom. The highest BCUT2D eigenvalue weighted by Gasteiger charge is 2.12. The first kappa shape index (κ1) is 21.6. The van der Waals surface area contributed by atoms with Crippen molar-refractivity contribution in [2.24, 2.45) is 0 Å². The van der Waals surface area contributed by atoms with Crippen molar-refractivity contribution in [3.63, 3.8) is 0 Å². The molecular weight excluding hydrogens is 422 g/mol. The van der Waals surface area contributed by atoms with Gasteiger partial charge in [0.1, 0.15) is 16.5 Å². The van der Waals surface area contributed by atoms with Crippen LogP contribution in [0.4, 0.5) is 5.69 Å². The molecule has 0 saturated carbocycles. The van der Waals surface area contributed by atoms with Crippen molar-refractivity contribution in [2.45, 2.75) is 24.6 Å². The molecule has 0 bridgehead atoms. The van der Waals surface area contributed by atoms with Crippen LogP contribution in [0, 0.1) is 13.8 Å². The van der Waals surface area contributed by atoms with Crippen molar-refractivity contribution in [1.82, 2.24) is 10.2 Å². The van der Waals surface area contributed by atoms with E-state index >= 15 is 0 Å². The lowest BCUT2D eigenvalue weighted by Gasteiger charge is -2.06. The molecule has 1 amide bonds. The monoisotopic (exact) mass is 445 g/mol. The fourth-order valence-corrected chi connectivity index (χ4v) is 3.76. The summed E-state index contributed by atoms with van der Waals surface area (Å²) in [6, 6.07) is 20.8. The average molecular weight is 446 g/mol. The zero-order valence-electron chi connectivity index (χ0n) is 18.1. The molecular formula is C25H23N3O3S. The number of ether oxygens (including phenoxy) is 1. The van der Waals surface area contributed by atoms with Gasteiger partial charge in [0.05, 0.1) is 18.6 Å². The number of thioether (sulfide) groups is 1. The molecule has 7 heteroatoms. The third-order valence-corrected chi connectivity index (χ3v) is 5.98. The topological polar surface area (TPSA) is 77.2 Å². The Kier molecular flexibility index (Phi) is 6.56. The van der Waals surface area contributed by atoms with Crippen molar-refractivity contribution >= 4 is 23.4 Å².